The number of ketones is 2. The van der Waals surface area contributed by atoms with Gasteiger partial charge in [-0.2, -0.15) is 0 Å². The lowest BCUT2D eigenvalue weighted by Crippen LogP contribution is -2.36. The molecule has 0 radical (unpaired) electrons. The highest BCUT2D eigenvalue weighted by atomic mass is 16.6. The second kappa shape index (κ2) is 9.40. The summed E-state index contributed by atoms with van der Waals surface area (Å²) in [7, 11) is 1.41. The number of aliphatic hydroxyl groups is 1. The largest absolute Gasteiger partial charge is 0.390 e. The average Bonchev–Trinajstić information content (AvgIpc) is 3.25. The smallest absolute Gasteiger partial charge is 0.223 e. The summed E-state index contributed by atoms with van der Waals surface area (Å²) in [6.45, 7) is 7.59. The van der Waals surface area contributed by atoms with Crippen LogP contribution >= 0.6 is 0 Å². The molecule has 0 saturated carbocycles. The van der Waals surface area contributed by atoms with Gasteiger partial charge in [-0.25, -0.2) is 0 Å². The summed E-state index contributed by atoms with van der Waals surface area (Å²) < 4.78 is 9.91. The van der Waals surface area contributed by atoms with Gasteiger partial charge < -0.3 is 19.9 Å². The third-order valence-corrected chi connectivity index (χ3v) is 4.02. The van der Waals surface area contributed by atoms with E-state index >= 15 is 0 Å². The van der Waals surface area contributed by atoms with Crippen molar-refractivity contribution in [3.8, 4) is 0 Å². The Hall–Kier alpha value is -1.31. The van der Waals surface area contributed by atoms with E-state index in [4.69, 9.17) is 9.47 Å². The highest BCUT2D eigenvalue weighted by molar-refractivity contribution is 5.98. The Balaban J connectivity index is 2.54. The maximum Gasteiger partial charge on any atom is 0.223 e. The van der Waals surface area contributed by atoms with E-state index in [1.54, 1.807) is 13.8 Å². The number of epoxide rings is 1. The third-order valence-electron chi connectivity index (χ3n) is 4.02. The van der Waals surface area contributed by atoms with Gasteiger partial charge in [-0.3, -0.25) is 14.4 Å². The standard InChI is InChI=1S/C18H31NO6/c1-11(2)8-12(17(22)19-7-6-18(3,4)23)9-13(20)15-16(25-15)14(21)10-24-5/h11-12,15-16,23H,6-10H2,1-5H3,(H,19,22)/t12-,15-,16-/m1/s1. The first-order chi connectivity index (χ1) is 11.5. The summed E-state index contributed by atoms with van der Waals surface area (Å²) in [6.07, 6.45) is -0.426. The number of nitrogens with one attached hydrogen (secondary N) is 1. The zero-order chi connectivity index (χ0) is 19.2. The van der Waals surface area contributed by atoms with Crippen molar-refractivity contribution >= 4 is 17.5 Å². The van der Waals surface area contributed by atoms with E-state index in [1.807, 2.05) is 13.8 Å². The van der Waals surface area contributed by atoms with Crippen LogP contribution in [0.1, 0.15) is 47.0 Å². The van der Waals surface area contributed by atoms with E-state index in [2.05, 4.69) is 5.32 Å². The zero-order valence-electron chi connectivity index (χ0n) is 15.8. The van der Waals surface area contributed by atoms with E-state index < -0.39 is 23.7 Å². The van der Waals surface area contributed by atoms with Gasteiger partial charge in [0, 0.05) is 26.0 Å². The van der Waals surface area contributed by atoms with Crippen LogP contribution in [0, 0.1) is 11.8 Å². The summed E-state index contributed by atoms with van der Waals surface area (Å²) in [5.41, 5.74) is -0.854. The van der Waals surface area contributed by atoms with Crippen LogP contribution in [0.15, 0.2) is 0 Å². The Morgan fingerprint density at radius 3 is 2.32 bits per heavy atom. The summed E-state index contributed by atoms with van der Waals surface area (Å²) in [5, 5.41) is 12.5. The predicted octanol–water partition coefficient (Wildman–Crippen LogP) is 0.868. The highest BCUT2D eigenvalue weighted by Crippen LogP contribution is 2.28. The van der Waals surface area contributed by atoms with Crippen LogP contribution in [0.5, 0.6) is 0 Å². The molecule has 1 aliphatic heterocycles. The molecule has 25 heavy (non-hydrogen) atoms. The van der Waals surface area contributed by atoms with E-state index in [9.17, 15) is 19.5 Å². The first-order valence-electron chi connectivity index (χ1n) is 8.75. The molecule has 0 aromatic heterocycles. The molecular weight excluding hydrogens is 326 g/mol. The molecule has 1 rings (SSSR count). The summed E-state index contributed by atoms with van der Waals surface area (Å²) >= 11 is 0. The number of rotatable bonds is 12. The number of carbonyl (C=O) groups is 3. The minimum atomic E-state index is -0.854. The fourth-order valence-corrected chi connectivity index (χ4v) is 2.67. The van der Waals surface area contributed by atoms with Crippen molar-refractivity contribution in [2.24, 2.45) is 11.8 Å². The Morgan fingerprint density at radius 1 is 1.20 bits per heavy atom. The maximum absolute atomic E-state index is 12.4. The van der Waals surface area contributed by atoms with E-state index in [-0.39, 0.29) is 36.4 Å². The van der Waals surface area contributed by atoms with Gasteiger partial charge >= 0.3 is 0 Å². The molecule has 2 N–H and O–H groups in total. The van der Waals surface area contributed by atoms with E-state index in [0.717, 1.165) is 0 Å². The van der Waals surface area contributed by atoms with Crippen molar-refractivity contribution in [1.82, 2.24) is 5.32 Å². The first-order valence-corrected chi connectivity index (χ1v) is 8.75. The van der Waals surface area contributed by atoms with Gasteiger partial charge in [0.15, 0.2) is 23.8 Å². The second-order valence-electron chi connectivity index (χ2n) is 7.73. The van der Waals surface area contributed by atoms with E-state index in [1.165, 1.54) is 7.11 Å². The topological polar surface area (TPSA) is 105 Å². The summed E-state index contributed by atoms with van der Waals surface area (Å²) in [5.74, 6) is -0.888. The molecule has 1 amide bonds. The molecule has 7 heteroatoms. The minimum absolute atomic E-state index is 0.0496. The molecule has 3 atom stereocenters. The fraction of sp³-hybridized carbons (Fsp3) is 0.833. The number of amides is 1. The van der Waals surface area contributed by atoms with Gasteiger partial charge in [0.2, 0.25) is 5.91 Å². The van der Waals surface area contributed by atoms with Crippen molar-refractivity contribution in [1.29, 1.82) is 0 Å². The van der Waals surface area contributed by atoms with E-state index in [0.29, 0.717) is 19.4 Å². The fourth-order valence-electron chi connectivity index (χ4n) is 2.67. The van der Waals surface area contributed by atoms with Crippen LogP contribution in [0.4, 0.5) is 0 Å². The van der Waals surface area contributed by atoms with Crippen LogP contribution in [0.3, 0.4) is 0 Å². The number of methoxy groups -OCH3 is 1. The highest BCUT2D eigenvalue weighted by Gasteiger charge is 2.49. The van der Waals surface area contributed by atoms with Gasteiger partial charge in [-0.15, -0.1) is 0 Å². The minimum Gasteiger partial charge on any atom is -0.390 e. The third kappa shape index (κ3) is 8.07. The lowest BCUT2D eigenvalue weighted by Gasteiger charge is -2.20. The summed E-state index contributed by atoms with van der Waals surface area (Å²) in [6, 6.07) is 0. The van der Waals surface area contributed by atoms with Crippen molar-refractivity contribution in [3.63, 3.8) is 0 Å². The van der Waals surface area contributed by atoms with Crippen molar-refractivity contribution in [3.05, 3.63) is 0 Å². The predicted molar refractivity (Wildman–Crippen MR) is 92.0 cm³/mol. The molecule has 1 heterocycles. The van der Waals surface area contributed by atoms with Crippen molar-refractivity contribution in [2.75, 3.05) is 20.3 Å². The molecule has 1 aliphatic rings. The Labute approximate surface area is 149 Å². The maximum atomic E-state index is 12.4. The number of Topliss-reactive ketones (excluding diaryl/α,β-unsaturated/α-hetero) is 2. The van der Waals surface area contributed by atoms with Crippen molar-refractivity contribution < 1.29 is 29.0 Å². The zero-order valence-corrected chi connectivity index (χ0v) is 15.8. The Bertz CT molecular complexity index is 482. The Kier molecular flexibility index (Phi) is 8.18. The lowest BCUT2D eigenvalue weighted by molar-refractivity contribution is -0.130. The molecule has 0 aromatic carbocycles. The van der Waals surface area contributed by atoms with Crippen LogP contribution in [0.25, 0.3) is 0 Å². The van der Waals surface area contributed by atoms with Gasteiger partial charge in [0.05, 0.1) is 5.60 Å². The molecule has 0 unspecified atom stereocenters. The van der Waals surface area contributed by atoms with Crippen LogP contribution in [0.2, 0.25) is 0 Å². The van der Waals surface area contributed by atoms with Gasteiger partial charge in [0.1, 0.15) is 6.61 Å². The molecular formula is C18H31NO6. The molecule has 1 saturated heterocycles. The molecule has 7 nitrogen and oxygen atoms in total. The molecule has 144 valence electrons. The molecule has 0 bridgehead atoms. The SMILES string of the molecule is COCC(=O)[C@H]1O[C@@H]1C(=O)C[C@@H](CC(C)C)C(=O)NCCC(C)(C)O. The van der Waals surface area contributed by atoms with Gasteiger partial charge in [0.25, 0.3) is 0 Å². The number of hydrogen-bond acceptors (Lipinski definition) is 6. The number of hydrogen-bond donors (Lipinski definition) is 2. The van der Waals surface area contributed by atoms with Gasteiger partial charge in [-0.05, 0) is 32.6 Å². The average molecular weight is 357 g/mol. The molecule has 1 fully saturated rings. The van der Waals surface area contributed by atoms with Gasteiger partial charge in [-0.1, -0.05) is 13.8 Å². The quantitative estimate of drug-likeness (QED) is 0.502. The molecule has 0 aromatic rings. The first kappa shape index (κ1) is 21.7. The van der Waals surface area contributed by atoms with Crippen molar-refractivity contribution in [2.45, 2.75) is 64.8 Å². The number of carbonyl (C=O) groups excluding carboxylic acids is 3. The van der Waals surface area contributed by atoms with Crippen LogP contribution in [-0.4, -0.2) is 60.7 Å². The Morgan fingerprint density at radius 2 is 1.80 bits per heavy atom. The second-order valence-corrected chi connectivity index (χ2v) is 7.73. The van der Waals surface area contributed by atoms with Crippen LogP contribution < -0.4 is 5.32 Å². The summed E-state index contributed by atoms with van der Waals surface area (Å²) in [4.78, 5) is 36.4. The monoisotopic (exact) mass is 357 g/mol. The number of ether oxygens (including phenoxy) is 2. The van der Waals surface area contributed by atoms with Crippen LogP contribution in [-0.2, 0) is 23.9 Å². The lowest BCUT2D eigenvalue weighted by atomic mass is 9.90. The molecule has 0 aliphatic carbocycles. The normalized spacial score (nSPS) is 21.1. The molecule has 0 spiro atoms.